The number of rotatable bonds is 2. The minimum Gasteiger partial charge on any atom is -0.348 e. The molecule has 3 rings (SSSR count). The van der Waals surface area contributed by atoms with Gasteiger partial charge in [-0.3, -0.25) is 9.78 Å². The number of fused-ring (bicyclic) bond motifs is 1. The zero-order chi connectivity index (χ0) is 15.7. The summed E-state index contributed by atoms with van der Waals surface area (Å²) in [5.41, 5.74) is 1.23. The predicted octanol–water partition coefficient (Wildman–Crippen LogP) is 3.95. The summed E-state index contributed by atoms with van der Waals surface area (Å²) in [6, 6.07) is 3.91. The van der Waals surface area contributed by atoms with Crippen molar-refractivity contribution in [3.8, 4) is 0 Å². The van der Waals surface area contributed by atoms with Crippen LogP contribution in [0.5, 0.6) is 0 Å². The monoisotopic (exact) mass is 361 g/mol. The Hall–Kier alpha value is -1.49. The van der Waals surface area contributed by atoms with Gasteiger partial charge in [-0.15, -0.1) is 0 Å². The molecule has 1 saturated carbocycles. The van der Waals surface area contributed by atoms with E-state index in [4.69, 9.17) is 0 Å². The minimum atomic E-state index is -0.0861. The molecule has 3 atom stereocenters. The first-order valence-corrected chi connectivity index (χ1v) is 8.55. The molecular formula is C17H20BrN3O. The van der Waals surface area contributed by atoms with Crippen LogP contribution in [-0.4, -0.2) is 21.9 Å². The lowest BCUT2D eigenvalue weighted by Gasteiger charge is -2.33. The van der Waals surface area contributed by atoms with Crippen LogP contribution in [0, 0.1) is 11.8 Å². The summed E-state index contributed by atoms with van der Waals surface area (Å²) >= 11 is 3.44. The molecule has 2 aromatic rings. The van der Waals surface area contributed by atoms with Crippen molar-refractivity contribution in [2.75, 3.05) is 0 Å². The lowest BCUT2D eigenvalue weighted by molar-refractivity contribution is 0.0895. The van der Waals surface area contributed by atoms with Crippen LogP contribution >= 0.6 is 15.9 Å². The van der Waals surface area contributed by atoms with Gasteiger partial charge in [-0.05, 0) is 59.2 Å². The maximum atomic E-state index is 12.5. The number of carbonyl (C=O) groups is 1. The van der Waals surface area contributed by atoms with E-state index in [1.54, 1.807) is 18.5 Å². The van der Waals surface area contributed by atoms with Crippen LogP contribution in [0.2, 0.25) is 0 Å². The highest BCUT2D eigenvalue weighted by atomic mass is 79.9. The summed E-state index contributed by atoms with van der Waals surface area (Å²) in [4.78, 5) is 21.1. The average molecular weight is 362 g/mol. The normalized spacial score (nSPS) is 25.1. The SMILES string of the molecule is CC1CCC(NC(=O)c2ccc3cncc(Br)c3n2)C(C)C1. The summed E-state index contributed by atoms with van der Waals surface area (Å²) in [7, 11) is 0. The van der Waals surface area contributed by atoms with Crippen LogP contribution in [0.4, 0.5) is 0 Å². The second-order valence-corrected chi connectivity index (χ2v) is 7.22. The van der Waals surface area contributed by atoms with Crippen molar-refractivity contribution in [2.45, 2.75) is 39.2 Å². The summed E-state index contributed by atoms with van der Waals surface area (Å²) in [6.45, 7) is 4.50. The van der Waals surface area contributed by atoms with Gasteiger partial charge in [-0.25, -0.2) is 4.98 Å². The van der Waals surface area contributed by atoms with Gasteiger partial charge in [0, 0.05) is 23.8 Å². The predicted molar refractivity (Wildman–Crippen MR) is 90.7 cm³/mol. The Bertz CT molecular complexity index is 703. The molecule has 22 heavy (non-hydrogen) atoms. The molecule has 0 bridgehead atoms. The molecule has 0 spiro atoms. The van der Waals surface area contributed by atoms with Gasteiger partial charge in [0.05, 0.1) is 9.99 Å². The van der Waals surface area contributed by atoms with Crippen LogP contribution in [0.1, 0.15) is 43.6 Å². The van der Waals surface area contributed by atoms with Crippen molar-refractivity contribution in [1.29, 1.82) is 0 Å². The van der Waals surface area contributed by atoms with Gasteiger partial charge in [-0.2, -0.15) is 0 Å². The fourth-order valence-corrected chi connectivity index (χ4v) is 3.69. The third-order valence-corrected chi connectivity index (χ3v) is 5.12. The molecule has 2 heterocycles. The van der Waals surface area contributed by atoms with Crippen molar-refractivity contribution >= 4 is 32.7 Å². The van der Waals surface area contributed by atoms with Crippen molar-refractivity contribution in [3.05, 3.63) is 34.7 Å². The number of carbonyl (C=O) groups excluding carboxylic acids is 1. The smallest absolute Gasteiger partial charge is 0.270 e. The van der Waals surface area contributed by atoms with Gasteiger partial charge >= 0.3 is 0 Å². The Morgan fingerprint density at radius 1 is 1.27 bits per heavy atom. The van der Waals surface area contributed by atoms with Crippen LogP contribution in [0.3, 0.4) is 0 Å². The molecule has 4 nitrogen and oxygen atoms in total. The standard InChI is InChI=1S/C17H20BrN3O/c1-10-3-5-14(11(2)7-10)21-17(22)15-6-4-12-8-19-9-13(18)16(12)20-15/h4,6,8-11,14H,3,5,7H2,1-2H3,(H,21,22). The van der Waals surface area contributed by atoms with E-state index in [1.165, 1.54) is 12.8 Å². The van der Waals surface area contributed by atoms with E-state index in [0.29, 0.717) is 11.6 Å². The maximum Gasteiger partial charge on any atom is 0.270 e. The van der Waals surface area contributed by atoms with E-state index in [2.05, 4.69) is 45.1 Å². The van der Waals surface area contributed by atoms with Crippen molar-refractivity contribution in [1.82, 2.24) is 15.3 Å². The number of pyridine rings is 2. The van der Waals surface area contributed by atoms with Gasteiger partial charge in [0.1, 0.15) is 5.69 Å². The highest BCUT2D eigenvalue weighted by molar-refractivity contribution is 9.10. The van der Waals surface area contributed by atoms with E-state index in [-0.39, 0.29) is 11.9 Å². The molecule has 1 N–H and O–H groups in total. The fourth-order valence-electron chi connectivity index (χ4n) is 3.26. The molecule has 2 aromatic heterocycles. The summed E-state index contributed by atoms with van der Waals surface area (Å²) in [6.07, 6.45) is 6.85. The van der Waals surface area contributed by atoms with Gasteiger partial charge in [0.15, 0.2) is 0 Å². The molecular weight excluding hydrogens is 342 g/mol. The zero-order valence-corrected chi connectivity index (χ0v) is 14.4. The topological polar surface area (TPSA) is 54.9 Å². The fraction of sp³-hybridized carbons (Fsp3) is 0.471. The first kappa shape index (κ1) is 15.4. The second kappa shape index (κ2) is 6.32. The number of amides is 1. The second-order valence-electron chi connectivity index (χ2n) is 6.36. The lowest BCUT2D eigenvalue weighted by Crippen LogP contribution is -2.42. The first-order valence-electron chi connectivity index (χ1n) is 7.75. The first-order chi connectivity index (χ1) is 10.5. The van der Waals surface area contributed by atoms with Gasteiger partial charge in [0.2, 0.25) is 0 Å². The van der Waals surface area contributed by atoms with Crippen molar-refractivity contribution in [3.63, 3.8) is 0 Å². The molecule has 0 radical (unpaired) electrons. The molecule has 1 aliphatic carbocycles. The van der Waals surface area contributed by atoms with Gasteiger partial charge in [-0.1, -0.05) is 13.8 Å². The van der Waals surface area contributed by atoms with Gasteiger partial charge < -0.3 is 5.32 Å². The van der Waals surface area contributed by atoms with Crippen LogP contribution in [0.25, 0.3) is 10.9 Å². The highest BCUT2D eigenvalue weighted by Crippen LogP contribution is 2.29. The molecule has 116 valence electrons. The molecule has 1 fully saturated rings. The maximum absolute atomic E-state index is 12.5. The zero-order valence-electron chi connectivity index (χ0n) is 12.8. The summed E-state index contributed by atoms with van der Waals surface area (Å²) in [5, 5.41) is 4.08. The summed E-state index contributed by atoms with van der Waals surface area (Å²) < 4.78 is 0.805. The van der Waals surface area contributed by atoms with Crippen LogP contribution in [-0.2, 0) is 0 Å². The molecule has 3 unspecified atom stereocenters. The molecule has 5 heteroatoms. The van der Waals surface area contributed by atoms with Gasteiger partial charge in [0.25, 0.3) is 5.91 Å². The molecule has 0 saturated heterocycles. The molecule has 1 amide bonds. The Morgan fingerprint density at radius 2 is 2.09 bits per heavy atom. The lowest BCUT2D eigenvalue weighted by atomic mass is 9.80. The number of nitrogens with zero attached hydrogens (tertiary/aromatic N) is 2. The average Bonchev–Trinajstić information content (AvgIpc) is 2.50. The number of aromatic nitrogens is 2. The quantitative estimate of drug-likeness (QED) is 0.880. The Labute approximate surface area is 138 Å². The molecule has 0 aliphatic heterocycles. The highest BCUT2D eigenvalue weighted by Gasteiger charge is 2.27. The third-order valence-electron chi connectivity index (χ3n) is 4.53. The van der Waals surface area contributed by atoms with Crippen molar-refractivity contribution in [2.24, 2.45) is 11.8 Å². The molecule has 0 aromatic carbocycles. The Balaban J connectivity index is 1.79. The number of hydrogen-bond donors (Lipinski definition) is 1. The Kier molecular flexibility index (Phi) is 4.43. The van der Waals surface area contributed by atoms with E-state index >= 15 is 0 Å². The van der Waals surface area contributed by atoms with Crippen LogP contribution in [0.15, 0.2) is 29.0 Å². The summed E-state index contributed by atoms with van der Waals surface area (Å²) in [5.74, 6) is 1.19. The Morgan fingerprint density at radius 3 is 2.86 bits per heavy atom. The molecule has 1 aliphatic rings. The number of halogens is 1. The third kappa shape index (κ3) is 3.14. The van der Waals surface area contributed by atoms with E-state index in [9.17, 15) is 4.79 Å². The number of hydrogen-bond acceptors (Lipinski definition) is 3. The minimum absolute atomic E-state index is 0.0861. The van der Waals surface area contributed by atoms with E-state index in [0.717, 1.165) is 27.7 Å². The van der Waals surface area contributed by atoms with E-state index in [1.807, 2.05) is 6.07 Å². The van der Waals surface area contributed by atoms with Crippen LogP contribution < -0.4 is 5.32 Å². The largest absolute Gasteiger partial charge is 0.348 e. The number of nitrogens with one attached hydrogen (secondary N) is 1. The van der Waals surface area contributed by atoms with E-state index < -0.39 is 0 Å². The van der Waals surface area contributed by atoms with Crippen molar-refractivity contribution < 1.29 is 4.79 Å².